The highest BCUT2D eigenvalue weighted by Crippen LogP contribution is 2.16. The fourth-order valence-electron chi connectivity index (χ4n) is 3.41. The van der Waals surface area contributed by atoms with Crippen LogP contribution >= 0.6 is 0 Å². The van der Waals surface area contributed by atoms with Gasteiger partial charge in [-0.25, -0.2) is 9.59 Å². The van der Waals surface area contributed by atoms with Crippen molar-refractivity contribution in [1.29, 1.82) is 5.26 Å². The van der Waals surface area contributed by atoms with E-state index in [9.17, 15) is 24.4 Å². The molecular weight excluding hydrogens is 436 g/mol. The lowest BCUT2D eigenvalue weighted by molar-refractivity contribution is 0.0600. The monoisotopic (exact) mass is 458 g/mol. The van der Waals surface area contributed by atoms with Crippen molar-refractivity contribution in [3.8, 4) is 6.07 Å². The van der Waals surface area contributed by atoms with Crippen molar-refractivity contribution in [3.63, 3.8) is 0 Å². The highest BCUT2D eigenvalue weighted by Gasteiger charge is 2.25. The van der Waals surface area contributed by atoms with Crippen molar-refractivity contribution in [3.05, 3.63) is 103 Å². The molecular formula is C25H22N4O5. The van der Waals surface area contributed by atoms with E-state index in [0.717, 1.165) is 14.7 Å². The molecule has 172 valence electrons. The lowest BCUT2D eigenvalue weighted by Gasteiger charge is -2.15. The third kappa shape index (κ3) is 4.71. The predicted molar refractivity (Wildman–Crippen MR) is 126 cm³/mol. The Balaban J connectivity index is 2.11. The maximum Gasteiger partial charge on any atom is 0.337 e. The maximum atomic E-state index is 13.3. The number of ketones is 1. The average molecular weight is 458 g/mol. The normalized spacial score (nSPS) is 11.0. The second-order valence-corrected chi connectivity index (χ2v) is 7.28. The Morgan fingerprint density at radius 3 is 2.26 bits per heavy atom. The molecule has 0 saturated carbocycles. The summed E-state index contributed by atoms with van der Waals surface area (Å²) >= 11 is 0. The number of nitrogens with zero attached hydrogens (tertiary/aromatic N) is 3. The van der Waals surface area contributed by atoms with Crippen LogP contribution < -0.4 is 17.0 Å². The van der Waals surface area contributed by atoms with Crippen molar-refractivity contribution >= 4 is 23.6 Å². The maximum absolute atomic E-state index is 13.3. The molecule has 3 aromatic rings. The summed E-state index contributed by atoms with van der Waals surface area (Å²) in [4.78, 5) is 50.7. The number of nitrogen functional groups attached to an aromatic ring is 1. The lowest BCUT2D eigenvalue weighted by Crippen LogP contribution is -2.44. The number of hydrogen-bond donors (Lipinski definition) is 1. The van der Waals surface area contributed by atoms with Crippen LogP contribution in [0, 0.1) is 11.3 Å². The van der Waals surface area contributed by atoms with Crippen LogP contribution in [0.5, 0.6) is 0 Å². The number of carbonyl (C=O) groups is 2. The fourth-order valence-corrected chi connectivity index (χ4v) is 3.41. The Bertz CT molecular complexity index is 1430. The van der Waals surface area contributed by atoms with E-state index < -0.39 is 28.6 Å². The Kier molecular flexibility index (Phi) is 7.23. The van der Waals surface area contributed by atoms with Gasteiger partial charge < -0.3 is 10.5 Å². The lowest BCUT2D eigenvalue weighted by atomic mass is 10.0. The summed E-state index contributed by atoms with van der Waals surface area (Å²) in [6.07, 6.45) is 1.28. The minimum atomic E-state index is -0.897. The summed E-state index contributed by atoms with van der Waals surface area (Å²) in [5.74, 6) is -1.73. The van der Waals surface area contributed by atoms with Crippen LogP contribution in [0.1, 0.15) is 38.8 Å². The van der Waals surface area contributed by atoms with Crippen LogP contribution in [0.25, 0.3) is 6.08 Å². The molecule has 3 rings (SSSR count). The van der Waals surface area contributed by atoms with E-state index in [1.54, 1.807) is 37.3 Å². The van der Waals surface area contributed by atoms with Crippen LogP contribution in [0.3, 0.4) is 0 Å². The van der Waals surface area contributed by atoms with Gasteiger partial charge in [-0.2, -0.15) is 5.26 Å². The van der Waals surface area contributed by atoms with Crippen molar-refractivity contribution in [2.75, 3.05) is 12.8 Å². The van der Waals surface area contributed by atoms with Crippen molar-refractivity contribution in [1.82, 2.24) is 9.13 Å². The van der Waals surface area contributed by atoms with Crippen LogP contribution in [0.4, 0.5) is 5.82 Å². The molecule has 0 saturated heterocycles. The standard InChI is InChI=1S/C25H22N4O5/c1-3-28-23(31)20(22(27)29(25(28)33)15-17-7-5-4-6-8-17)21(30)19(14-26)13-16-9-11-18(12-10-16)24(32)34-2/h4-13H,3,15,27H2,1-2H3/b19-13-. The molecule has 0 aliphatic carbocycles. The Morgan fingerprint density at radius 2 is 1.71 bits per heavy atom. The molecule has 2 aromatic carbocycles. The first-order chi connectivity index (χ1) is 16.3. The minimum Gasteiger partial charge on any atom is -0.465 e. The van der Waals surface area contributed by atoms with Gasteiger partial charge >= 0.3 is 11.7 Å². The van der Waals surface area contributed by atoms with E-state index >= 15 is 0 Å². The van der Waals surface area contributed by atoms with E-state index in [1.807, 2.05) is 6.07 Å². The summed E-state index contributed by atoms with van der Waals surface area (Å²) < 4.78 is 6.70. The first-order valence-electron chi connectivity index (χ1n) is 10.3. The van der Waals surface area contributed by atoms with Crippen LogP contribution in [-0.2, 0) is 17.8 Å². The number of nitriles is 1. The van der Waals surface area contributed by atoms with Gasteiger partial charge in [0.1, 0.15) is 23.0 Å². The number of benzene rings is 2. The zero-order valence-corrected chi connectivity index (χ0v) is 18.6. The molecule has 0 atom stereocenters. The molecule has 2 N–H and O–H groups in total. The van der Waals surface area contributed by atoms with Gasteiger partial charge in [0.05, 0.1) is 19.2 Å². The number of carbonyl (C=O) groups excluding carboxylic acids is 2. The van der Waals surface area contributed by atoms with E-state index in [-0.39, 0.29) is 24.5 Å². The molecule has 1 aromatic heterocycles. The van der Waals surface area contributed by atoms with Gasteiger partial charge in [0, 0.05) is 6.54 Å². The molecule has 0 radical (unpaired) electrons. The van der Waals surface area contributed by atoms with Crippen molar-refractivity contribution in [2.45, 2.75) is 20.0 Å². The molecule has 0 spiro atoms. The quantitative estimate of drug-likeness (QED) is 0.248. The molecule has 0 unspecified atom stereocenters. The number of anilines is 1. The highest BCUT2D eigenvalue weighted by molar-refractivity contribution is 6.16. The molecule has 0 amide bonds. The smallest absolute Gasteiger partial charge is 0.337 e. The van der Waals surface area contributed by atoms with Crippen LogP contribution in [0.2, 0.25) is 0 Å². The van der Waals surface area contributed by atoms with Gasteiger partial charge in [-0.1, -0.05) is 42.5 Å². The predicted octanol–water partition coefficient (Wildman–Crippen LogP) is 2.24. The molecule has 0 aliphatic heterocycles. The minimum absolute atomic E-state index is 0.0214. The van der Waals surface area contributed by atoms with E-state index in [1.165, 1.54) is 37.5 Å². The summed E-state index contributed by atoms with van der Waals surface area (Å²) in [6, 6.07) is 16.8. The van der Waals surface area contributed by atoms with Gasteiger partial charge in [0.15, 0.2) is 0 Å². The van der Waals surface area contributed by atoms with Crippen molar-refractivity contribution < 1.29 is 14.3 Å². The third-order valence-corrected chi connectivity index (χ3v) is 5.20. The average Bonchev–Trinajstić information content (AvgIpc) is 2.85. The zero-order valence-electron chi connectivity index (χ0n) is 18.6. The number of rotatable bonds is 7. The van der Waals surface area contributed by atoms with E-state index in [4.69, 9.17) is 5.73 Å². The molecule has 0 bridgehead atoms. The second kappa shape index (κ2) is 10.3. The fraction of sp³-hybridized carbons (Fsp3) is 0.160. The topological polar surface area (TPSA) is 137 Å². The number of hydrogen-bond acceptors (Lipinski definition) is 7. The number of esters is 1. The first-order valence-corrected chi connectivity index (χ1v) is 10.3. The van der Waals surface area contributed by atoms with Crippen LogP contribution in [0.15, 0.2) is 69.8 Å². The molecule has 1 heterocycles. The highest BCUT2D eigenvalue weighted by atomic mass is 16.5. The van der Waals surface area contributed by atoms with Gasteiger partial charge in [0.2, 0.25) is 5.78 Å². The van der Waals surface area contributed by atoms with Crippen LogP contribution in [-0.4, -0.2) is 28.0 Å². The summed E-state index contributed by atoms with van der Waals surface area (Å²) in [6.45, 7) is 1.67. The van der Waals surface area contributed by atoms with Gasteiger partial charge in [-0.15, -0.1) is 0 Å². The summed E-state index contributed by atoms with van der Waals surface area (Å²) in [7, 11) is 1.26. The number of aromatic nitrogens is 2. The van der Waals surface area contributed by atoms with Crippen molar-refractivity contribution in [2.24, 2.45) is 0 Å². The number of nitrogens with two attached hydrogens (primary N) is 1. The third-order valence-electron chi connectivity index (χ3n) is 5.20. The second-order valence-electron chi connectivity index (χ2n) is 7.28. The number of allylic oxidation sites excluding steroid dienone is 1. The van der Waals surface area contributed by atoms with E-state index in [0.29, 0.717) is 11.1 Å². The van der Waals surface area contributed by atoms with Gasteiger partial charge in [-0.05, 0) is 36.3 Å². The Morgan fingerprint density at radius 1 is 1.06 bits per heavy atom. The summed E-state index contributed by atoms with van der Waals surface area (Å²) in [5.41, 5.74) is 5.35. The Labute approximate surface area is 194 Å². The van der Waals surface area contributed by atoms with Gasteiger partial charge in [-0.3, -0.25) is 18.7 Å². The number of Topliss-reactive ketones (excluding diaryl/α,β-unsaturated/α-hetero) is 1. The van der Waals surface area contributed by atoms with Gasteiger partial charge in [0.25, 0.3) is 5.56 Å². The molecule has 0 fully saturated rings. The SMILES string of the molecule is CCn1c(=O)c(C(=O)/C(C#N)=C\c2ccc(C(=O)OC)cc2)c(N)n(Cc2ccccc2)c1=O. The number of ether oxygens (including phenoxy) is 1. The Hall–Kier alpha value is -4.71. The molecule has 0 aliphatic rings. The number of methoxy groups -OCH3 is 1. The zero-order chi connectivity index (χ0) is 24.8. The molecule has 9 nitrogen and oxygen atoms in total. The molecule has 9 heteroatoms. The summed E-state index contributed by atoms with van der Waals surface area (Å²) in [5, 5.41) is 9.64. The first kappa shape index (κ1) is 23.9. The van der Waals surface area contributed by atoms with E-state index in [2.05, 4.69) is 4.74 Å². The molecule has 34 heavy (non-hydrogen) atoms. The largest absolute Gasteiger partial charge is 0.465 e.